The summed E-state index contributed by atoms with van der Waals surface area (Å²) in [4.78, 5) is 0. The van der Waals surface area contributed by atoms with Crippen LogP contribution in [0, 0.1) is 5.92 Å². The van der Waals surface area contributed by atoms with Crippen LogP contribution in [0.4, 0.5) is 0 Å². The van der Waals surface area contributed by atoms with Crippen LogP contribution in [0.1, 0.15) is 19.4 Å². The van der Waals surface area contributed by atoms with Crippen LogP contribution >= 0.6 is 0 Å². The predicted molar refractivity (Wildman–Crippen MR) is 57.5 cm³/mol. The summed E-state index contributed by atoms with van der Waals surface area (Å²) in [6, 6.07) is 8.17. The van der Waals surface area contributed by atoms with Crippen molar-refractivity contribution in [1.82, 2.24) is 0 Å². The normalized spacial score (nSPS) is 10.6. The highest BCUT2D eigenvalue weighted by molar-refractivity contribution is 5.27. The van der Waals surface area contributed by atoms with E-state index in [2.05, 4.69) is 26.0 Å². The Bertz CT molecular complexity index is 252. The van der Waals surface area contributed by atoms with Crippen molar-refractivity contribution in [3.63, 3.8) is 0 Å². The molecule has 1 aromatic carbocycles. The number of hydrogen-bond acceptors (Lipinski definition) is 2. The molecule has 2 nitrogen and oxygen atoms in total. The lowest BCUT2D eigenvalue weighted by molar-refractivity contribution is 0.0511. The van der Waals surface area contributed by atoms with Crippen LogP contribution in [-0.2, 0) is 11.2 Å². The van der Waals surface area contributed by atoms with Gasteiger partial charge in [0.05, 0.1) is 0 Å². The molecule has 0 aliphatic heterocycles. The second-order valence-corrected chi connectivity index (χ2v) is 3.79. The zero-order valence-electron chi connectivity index (χ0n) is 9.12. The first-order valence-corrected chi connectivity index (χ1v) is 4.93. The Morgan fingerprint density at radius 1 is 1.14 bits per heavy atom. The fourth-order valence-corrected chi connectivity index (χ4v) is 1.32. The summed E-state index contributed by atoms with van der Waals surface area (Å²) in [6.07, 6.45) is 1.12. The number of ether oxygens (including phenoxy) is 2. The van der Waals surface area contributed by atoms with Crippen LogP contribution in [0.15, 0.2) is 24.3 Å². The van der Waals surface area contributed by atoms with Gasteiger partial charge in [-0.3, -0.25) is 0 Å². The molecule has 0 N–H and O–H groups in total. The molecule has 1 rings (SSSR count). The second-order valence-electron chi connectivity index (χ2n) is 3.79. The van der Waals surface area contributed by atoms with Gasteiger partial charge in [-0.1, -0.05) is 26.0 Å². The molecule has 0 aliphatic carbocycles. The Morgan fingerprint density at radius 2 is 1.79 bits per heavy atom. The van der Waals surface area contributed by atoms with Crippen LogP contribution < -0.4 is 4.74 Å². The molecule has 0 atom stereocenters. The van der Waals surface area contributed by atoms with Gasteiger partial charge in [-0.25, -0.2) is 0 Å². The summed E-state index contributed by atoms with van der Waals surface area (Å²) in [5.74, 6) is 1.56. The molecule has 0 aromatic heterocycles. The third kappa shape index (κ3) is 3.79. The predicted octanol–water partition coefficient (Wildman–Crippen LogP) is 2.87. The van der Waals surface area contributed by atoms with E-state index in [4.69, 9.17) is 9.47 Å². The van der Waals surface area contributed by atoms with Crippen LogP contribution in [0.5, 0.6) is 5.75 Å². The Kier molecular flexibility index (Phi) is 4.47. The Hall–Kier alpha value is -1.02. The van der Waals surface area contributed by atoms with Gasteiger partial charge in [0.25, 0.3) is 0 Å². The zero-order valence-corrected chi connectivity index (χ0v) is 9.12. The summed E-state index contributed by atoms with van der Waals surface area (Å²) in [7, 11) is 1.62. The summed E-state index contributed by atoms with van der Waals surface area (Å²) in [6.45, 7) is 4.74. The van der Waals surface area contributed by atoms with Gasteiger partial charge in [0.2, 0.25) is 0 Å². The van der Waals surface area contributed by atoms with Crippen molar-refractivity contribution >= 4 is 0 Å². The fraction of sp³-hybridized carbons (Fsp3) is 0.500. The highest BCUT2D eigenvalue weighted by Crippen LogP contribution is 2.14. The fourth-order valence-electron chi connectivity index (χ4n) is 1.32. The number of hydrogen-bond donors (Lipinski definition) is 0. The quantitative estimate of drug-likeness (QED) is 0.671. The zero-order chi connectivity index (χ0) is 10.4. The standard InChI is InChI=1S/C12H18O2/c1-10(2)8-11-4-6-12(7-5-11)14-9-13-3/h4-7,10H,8-9H2,1-3H3. The highest BCUT2D eigenvalue weighted by Gasteiger charge is 1.98. The van der Waals surface area contributed by atoms with Gasteiger partial charge in [-0.15, -0.1) is 0 Å². The van der Waals surface area contributed by atoms with Gasteiger partial charge in [-0.05, 0) is 30.0 Å². The summed E-state index contributed by atoms with van der Waals surface area (Å²) in [5.41, 5.74) is 1.35. The maximum atomic E-state index is 5.29. The molecule has 14 heavy (non-hydrogen) atoms. The molecular weight excluding hydrogens is 176 g/mol. The Labute approximate surface area is 85.8 Å². The van der Waals surface area contributed by atoms with Crippen molar-refractivity contribution < 1.29 is 9.47 Å². The lowest BCUT2D eigenvalue weighted by atomic mass is 10.0. The molecule has 1 aromatic rings. The van der Waals surface area contributed by atoms with Crippen molar-refractivity contribution in [3.8, 4) is 5.75 Å². The van der Waals surface area contributed by atoms with Crippen molar-refractivity contribution in [3.05, 3.63) is 29.8 Å². The minimum Gasteiger partial charge on any atom is -0.468 e. The van der Waals surface area contributed by atoms with Crippen LogP contribution in [0.25, 0.3) is 0 Å². The molecule has 0 saturated carbocycles. The lowest BCUT2D eigenvalue weighted by Gasteiger charge is -2.07. The van der Waals surface area contributed by atoms with Gasteiger partial charge < -0.3 is 9.47 Å². The number of benzene rings is 1. The topological polar surface area (TPSA) is 18.5 Å². The van der Waals surface area contributed by atoms with Crippen LogP contribution in [0.2, 0.25) is 0 Å². The summed E-state index contributed by atoms with van der Waals surface area (Å²) in [5, 5.41) is 0. The molecular formula is C12H18O2. The first kappa shape index (κ1) is 11.1. The average molecular weight is 194 g/mol. The minimum atomic E-state index is 0.309. The largest absolute Gasteiger partial charge is 0.468 e. The molecule has 0 fully saturated rings. The van der Waals surface area contributed by atoms with Crippen molar-refractivity contribution in [2.75, 3.05) is 13.9 Å². The summed E-state index contributed by atoms with van der Waals surface area (Å²) < 4.78 is 10.1. The smallest absolute Gasteiger partial charge is 0.188 e. The lowest BCUT2D eigenvalue weighted by Crippen LogP contribution is -1.99. The number of rotatable bonds is 5. The van der Waals surface area contributed by atoms with E-state index in [1.165, 1.54) is 5.56 Å². The Morgan fingerprint density at radius 3 is 2.29 bits per heavy atom. The SMILES string of the molecule is COCOc1ccc(CC(C)C)cc1. The molecule has 0 radical (unpaired) electrons. The van der Waals surface area contributed by atoms with Gasteiger partial charge in [0.1, 0.15) is 5.75 Å². The van der Waals surface area contributed by atoms with E-state index >= 15 is 0 Å². The molecule has 0 aliphatic rings. The molecule has 0 unspecified atom stereocenters. The van der Waals surface area contributed by atoms with E-state index in [1.54, 1.807) is 7.11 Å². The maximum Gasteiger partial charge on any atom is 0.188 e. The van der Waals surface area contributed by atoms with E-state index in [0.29, 0.717) is 12.7 Å². The third-order valence-corrected chi connectivity index (χ3v) is 1.91. The monoisotopic (exact) mass is 194 g/mol. The van der Waals surface area contributed by atoms with Crippen molar-refractivity contribution in [2.24, 2.45) is 5.92 Å². The molecule has 2 heteroatoms. The molecule has 0 bridgehead atoms. The van der Waals surface area contributed by atoms with E-state index in [1.807, 2.05) is 12.1 Å². The first-order valence-electron chi connectivity index (χ1n) is 4.93. The van der Waals surface area contributed by atoms with E-state index in [-0.39, 0.29) is 0 Å². The average Bonchev–Trinajstić information content (AvgIpc) is 2.16. The van der Waals surface area contributed by atoms with E-state index in [0.717, 1.165) is 12.2 Å². The summed E-state index contributed by atoms with van der Waals surface area (Å²) >= 11 is 0. The molecule has 0 amide bonds. The van der Waals surface area contributed by atoms with Gasteiger partial charge in [0.15, 0.2) is 6.79 Å². The second kappa shape index (κ2) is 5.66. The molecule has 0 spiro atoms. The van der Waals surface area contributed by atoms with E-state index in [9.17, 15) is 0 Å². The van der Waals surface area contributed by atoms with Crippen LogP contribution in [0.3, 0.4) is 0 Å². The first-order chi connectivity index (χ1) is 6.72. The molecule has 0 saturated heterocycles. The Balaban J connectivity index is 2.50. The van der Waals surface area contributed by atoms with Crippen LogP contribution in [-0.4, -0.2) is 13.9 Å². The molecule has 0 heterocycles. The molecule has 78 valence electrons. The van der Waals surface area contributed by atoms with Crippen molar-refractivity contribution in [2.45, 2.75) is 20.3 Å². The maximum absolute atomic E-state index is 5.29. The minimum absolute atomic E-state index is 0.309. The van der Waals surface area contributed by atoms with E-state index < -0.39 is 0 Å². The highest BCUT2D eigenvalue weighted by atomic mass is 16.7. The van der Waals surface area contributed by atoms with Gasteiger partial charge in [0, 0.05) is 7.11 Å². The van der Waals surface area contributed by atoms with Gasteiger partial charge in [-0.2, -0.15) is 0 Å². The number of methoxy groups -OCH3 is 1. The van der Waals surface area contributed by atoms with Gasteiger partial charge >= 0.3 is 0 Å². The third-order valence-electron chi connectivity index (χ3n) is 1.91. The van der Waals surface area contributed by atoms with Crippen molar-refractivity contribution in [1.29, 1.82) is 0 Å².